The molecule has 112 valence electrons. The Labute approximate surface area is 124 Å². The van der Waals surface area contributed by atoms with Crippen LogP contribution in [0.1, 0.15) is 30.1 Å². The highest BCUT2D eigenvalue weighted by atomic mass is 16.5. The molecule has 5 nitrogen and oxygen atoms in total. The summed E-state index contributed by atoms with van der Waals surface area (Å²) in [5, 5.41) is 2.89. The molecule has 1 unspecified atom stereocenters. The number of fused-ring (bicyclic) bond motifs is 1. The van der Waals surface area contributed by atoms with Crippen molar-refractivity contribution in [1.82, 2.24) is 5.32 Å². The maximum atomic E-state index is 12.4. The van der Waals surface area contributed by atoms with Gasteiger partial charge in [-0.2, -0.15) is 0 Å². The lowest BCUT2D eigenvalue weighted by atomic mass is 10.1. The van der Waals surface area contributed by atoms with Crippen molar-refractivity contribution in [2.45, 2.75) is 25.8 Å². The van der Waals surface area contributed by atoms with Crippen LogP contribution in [0.3, 0.4) is 0 Å². The van der Waals surface area contributed by atoms with Gasteiger partial charge in [-0.1, -0.05) is 12.1 Å². The summed E-state index contributed by atoms with van der Waals surface area (Å²) in [6, 6.07) is 7.12. The monoisotopic (exact) mass is 288 g/mol. The molecule has 0 spiro atoms. The summed E-state index contributed by atoms with van der Waals surface area (Å²) in [7, 11) is 0. The number of anilines is 1. The van der Waals surface area contributed by atoms with Gasteiger partial charge in [-0.25, -0.2) is 0 Å². The third kappa shape index (κ3) is 3.24. The predicted molar refractivity (Wildman–Crippen MR) is 79.3 cm³/mol. The van der Waals surface area contributed by atoms with E-state index in [1.165, 1.54) is 12.8 Å². The van der Waals surface area contributed by atoms with E-state index in [-0.39, 0.29) is 24.5 Å². The second-order valence-corrected chi connectivity index (χ2v) is 5.85. The third-order valence-electron chi connectivity index (χ3n) is 3.85. The van der Waals surface area contributed by atoms with Crippen molar-refractivity contribution in [3.05, 3.63) is 29.8 Å². The van der Waals surface area contributed by atoms with Crippen LogP contribution in [0.25, 0.3) is 0 Å². The topological polar surface area (TPSA) is 58.6 Å². The van der Waals surface area contributed by atoms with Gasteiger partial charge in [0.2, 0.25) is 0 Å². The minimum Gasteiger partial charge on any atom is -0.371 e. The van der Waals surface area contributed by atoms with E-state index in [1.807, 2.05) is 19.1 Å². The van der Waals surface area contributed by atoms with Crippen LogP contribution in [0.15, 0.2) is 24.3 Å². The van der Waals surface area contributed by atoms with Gasteiger partial charge in [0.15, 0.2) is 0 Å². The molecule has 2 amide bonds. The smallest absolute Gasteiger partial charge is 0.253 e. The van der Waals surface area contributed by atoms with E-state index < -0.39 is 0 Å². The first-order chi connectivity index (χ1) is 10.1. The Morgan fingerprint density at radius 3 is 2.90 bits per heavy atom. The van der Waals surface area contributed by atoms with Crippen LogP contribution in [0.2, 0.25) is 0 Å². The van der Waals surface area contributed by atoms with Gasteiger partial charge >= 0.3 is 0 Å². The van der Waals surface area contributed by atoms with Gasteiger partial charge in [0.25, 0.3) is 11.8 Å². The first-order valence-corrected chi connectivity index (χ1v) is 7.43. The number of nitrogens with one attached hydrogen (secondary N) is 1. The average molecular weight is 288 g/mol. The second-order valence-electron chi connectivity index (χ2n) is 5.85. The highest BCUT2D eigenvalue weighted by molar-refractivity contribution is 6.06. The molecule has 1 atom stereocenters. The lowest BCUT2D eigenvalue weighted by Gasteiger charge is -2.24. The summed E-state index contributed by atoms with van der Waals surface area (Å²) >= 11 is 0. The van der Waals surface area contributed by atoms with Crippen molar-refractivity contribution in [3.8, 4) is 0 Å². The highest BCUT2D eigenvalue weighted by Crippen LogP contribution is 2.29. The zero-order chi connectivity index (χ0) is 14.8. The summed E-state index contributed by atoms with van der Waals surface area (Å²) in [6.07, 6.45) is 2.41. The van der Waals surface area contributed by atoms with Gasteiger partial charge < -0.3 is 15.0 Å². The fourth-order valence-corrected chi connectivity index (χ4v) is 2.53. The van der Waals surface area contributed by atoms with E-state index in [1.54, 1.807) is 17.0 Å². The molecule has 1 aromatic rings. The Hall–Kier alpha value is -1.88. The largest absolute Gasteiger partial charge is 0.371 e. The number of amides is 2. The van der Waals surface area contributed by atoms with Crippen molar-refractivity contribution in [3.63, 3.8) is 0 Å². The fourth-order valence-electron chi connectivity index (χ4n) is 2.53. The van der Waals surface area contributed by atoms with Crippen LogP contribution in [0, 0.1) is 5.92 Å². The Balaban J connectivity index is 1.76. The molecule has 1 aromatic carbocycles. The van der Waals surface area contributed by atoms with E-state index in [4.69, 9.17) is 4.74 Å². The molecule has 1 heterocycles. The van der Waals surface area contributed by atoms with Crippen LogP contribution < -0.4 is 10.2 Å². The molecular weight excluding hydrogens is 268 g/mol. The number of para-hydroxylation sites is 1. The van der Waals surface area contributed by atoms with E-state index in [0.717, 1.165) is 0 Å². The summed E-state index contributed by atoms with van der Waals surface area (Å²) < 4.78 is 5.49. The van der Waals surface area contributed by atoms with Gasteiger partial charge in [-0.05, 0) is 37.8 Å². The number of ether oxygens (including phenoxy) is 1. The molecule has 0 saturated heterocycles. The van der Waals surface area contributed by atoms with Crippen molar-refractivity contribution >= 4 is 17.5 Å². The van der Waals surface area contributed by atoms with E-state index in [9.17, 15) is 9.59 Å². The zero-order valence-corrected chi connectivity index (χ0v) is 12.2. The van der Waals surface area contributed by atoms with Gasteiger partial charge in [-0.15, -0.1) is 0 Å². The highest BCUT2D eigenvalue weighted by Gasteiger charge is 2.28. The van der Waals surface area contributed by atoms with Crippen LogP contribution in [-0.4, -0.2) is 37.6 Å². The number of benzene rings is 1. The number of carbonyl (C=O) groups excluding carboxylic acids is 2. The molecule has 1 aliphatic heterocycles. The molecule has 0 bridgehead atoms. The Morgan fingerprint density at radius 1 is 1.38 bits per heavy atom. The lowest BCUT2D eigenvalue weighted by Crippen LogP contribution is -2.42. The Bertz CT molecular complexity index is 554. The summed E-state index contributed by atoms with van der Waals surface area (Å²) in [4.78, 5) is 26.2. The summed E-state index contributed by atoms with van der Waals surface area (Å²) in [6.45, 7) is 3.10. The van der Waals surface area contributed by atoms with Crippen LogP contribution in [0.4, 0.5) is 5.69 Å². The normalized spacial score (nSPS) is 21.5. The standard InChI is InChI=1S/C16H20N2O3/c1-11-8-18(15(19)10-21-9-12-6-7-12)14-5-3-2-4-13(14)16(20)17-11/h2-5,11-12H,6-10H2,1H3,(H,17,20). The molecule has 1 N–H and O–H groups in total. The molecule has 1 saturated carbocycles. The molecule has 0 radical (unpaired) electrons. The van der Waals surface area contributed by atoms with Crippen LogP contribution in [0.5, 0.6) is 0 Å². The number of rotatable bonds is 4. The molecule has 3 rings (SSSR count). The lowest BCUT2D eigenvalue weighted by molar-refractivity contribution is -0.123. The molecule has 21 heavy (non-hydrogen) atoms. The van der Waals surface area contributed by atoms with E-state index in [0.29, 0.717) is 30.3 Å². The predicted octanol–water partition coefficient (Wildman–Crippen LogP) is 1.58. The van der Waals surface area contributed by atoms with Gasteiger partial charge in [0, 0.05) is 12.6 Å². The molecule has 1 aliphatic carbocycles. The Kier molecular flexibility index (Phi) is 3.92. The Morgan fingerprint density at radius 2 is 2.14 bits per heavy atom. The SMILES string of the molecule is CC1CN(C(=O)COCC2CC2)c2ccccc2C(=O)N1. The van der Waals surface area contributed by atoms with Crippen molar-refractivity contribution < 1.29 is 14.3 Å². The van der Waals surface area contributed by atoms with Gasteiger partial charge in [-0.3, -0.25) is 9.59 Å². The quantitative estimate of drug-likeness (QED) is 0.915. The first-order valence-electron chi connectivity index (χ1n) is 7.43. The van der Waals surface area contributed by atoms with Crippen molar-refractivity contribution in [1.29, 1.82) is 0 Å². The van der Waals surface area contributed by atoms with E-state index >= 15 is 0 Å². The fraction of sp³-hybridized carbons (Fsp3) is 0.500. The van der Waals surface area contributed by atoms with Crippen molar-refractivity contribution in [2.75, 3.05) is 24.7 Å². The average Bonchev–Trinajstić information content (AvgIpc) is 3.28. The van der Waals surface area contributed by atoms with Crippen LogP contribution >= 0.6 is 0 Å². The molecule has 2 aliphatic rings. The third-order valence-corrected chi connectivity index (χ3v) is 3.85. The van der Waals surface area contributed by atoms with Gasteiger partial charge in [0.1, 0.15) is 6.61 Å². The summed E-state index contributed by atoms with van der Waals surface area (Å²) in [5.41, 5.74) is 1.21. The minimum atomic E-state index is -0.132. The molecule has 5 heteroatoms. The molecule has 1 fully saturated rings. The minimum absolute atomic E-state index is 0.0751. The van der Waals surface area contributed by atoms with Gasteiger partial charge in [0.05, 0.1) is 17.9 Å². The van der Waals surface area contributed by atoms with Crippen molar-refractivity contribution in [2.24, 2.45) is 5.92 Å². The number of carbonyl (C=O) groups is 2. The number of hydrogen-bond acceptors (Lipinski definition) is 3. The zero-order valence-electron chi connectivity index (χ0n) is 12.2. The first kappa shape index (κ1) is 14.1. The maximum Gasteiger partial charge on any atom is 0.253 e. The second kappa shape index (κ2) is 5.85. The van der Waals surface area contributed by atoms with E-state index in [2.05, 4.69) is 5.32 Å². The molecule has 0 aromatic heterocycles. The maximum absolute atomic E-state index is 12.4. The molecular formula is C16H20N2O3. The number of hydrogen-bond donors (Lipinski definition) is 1. The number of nitrogens with zero attached hydrogens (tertiary/aromatic N) is 1. The van der Waals surface area contributed by atoms with Crippen LogP contribution in [-0.2, 0) is 9.53 Å². The summed E-state index contributed by atoms with van der Waals surface area (Å²) in [5.74, 6) is 0.412.